The van der Waals surface area contributed by atoms with Crippen molar-refractivity contribution in [2.75, 3.05) is 5.73 Å². The van der Waals surface area contributed by atoms with Crippen LogP contribution < -0.4 is 5.73 Å². The predicted molar refractivity (Wildman–Crippen MR) is 88.0 cm³/mol. The SMILES string of the molecule is CCn1c(-c2ccc(Br)cc2N)nc2cccc(Cl)c21. The van der Waals surface area contributed by atoms with Crippen LogP contribution in [0.4, 0.5) is 5.69 Å². The highest BCUT2D eigenvalue weighted by Crippen LogP contribution is 2.33. The van der Waals surface area contributed by atoms with Crippen LogP contribution in [0.5, 0.6) is 0 Å². The molecule has 3 aromatic rings. The average Bonchev–Trinajstić information content (AvgIpc) is 2.78. The molecule has 3 nitrogen and oxygen atoms in total. The second-order valence-corrected chi connectivity index (χ2v) is 5.84. The lowest BCUT2D eigenvalue weighted by molar-refractivity contribution is 0.796. The number of rotatable bonds is 2. The van der Waals surface area contributed by atoms with Crippen LogP contribution in [-0.2, 0) is 6.54 Å². The number of para-hydroxylation sites is 1. The summed E-state index contributed by atoms with van der Waals surface area (Å²) in [5, 5.41) is 0.707. The molecule has 0 aliphatic heterocycles. The molecule has 0 aliphatic rings. The number of fused-ring (bicyclic) bond motifs is 1. The number of hydrogen-bond donors (Lipinski definition) is 1. The fraction of sp³-hybridized carbons (Fsp3) is 0.133. The molecule has 2 N–H and O–H groups in total. The summed E-state index contributed by atoms with van der Waals surface area (Å²) in [6, 6.07) is 11.6. The van der Waals surface area contributed by atoms with E-state index in [0.717, 1.165) is 33.4 Å². The van der Waals surface area contributed by atoms with Crippen molar-refractivity contribution in [3.8, 4) is 11.4 Å². The molecule has 102 valence electrons. The minimum atomic E-state index is 0.695. The molecule has 0 aliphatic carbocycles. The van der Waals surface area contributed by atoms with Gasteiger partial charge in [-0.3, -0.25) is 0 Å². The number of hydrogen-bond acceptors (Lipinski definition) is 2. The van der Waals surface area contributed by atoms with Crippen LogP contribution in [-0.4, -0.2) is 9.55 Å². The highest BCUT2D eigenvalue weighted by molar-refractivity contribution is 9.10. The number of imidazole rings is 1. The van der Waals surface area contributed by atoms with Crippen molar-refractivity contribution in [2.45, 2.75) is 13.5 Å². The minimum Gasteiger partial charge on any atom is -0.398 e. The molecule has 0 radical (unpaired) electrons. The number of aryl methyl sites for hydroxylation is 1. The maximum atomic E-state index is 6.31. The van der Waals surface area contributed by atoms with Crippen LogP contribution >= 0.6 is 27.5 Å². The van der Waals surface area contributed by atoms with E-state index in [4.69, 9.17) is 17.3 Å². The largest absolute Gasteiger partial charge is 0.398 e. The summed E-state index contributed by atoms with van der Waals surface area (Å²) in [4.78, 5) is 4.69. The molecule has 5 heteroatoms. The third-order valence-corrected chi connectivity index (χ3v) is 4.09. The predicted octanol–water partition coefficient (Wildman–Crippen LogP) is 4.72. The molecule has 3 rings (SSSR count). The molecule has 1 heterocycles. The topological polar surface area (TPSA) is 43.8 Å². The Bertz CT molecular complexity index is 795. The van der Waals surface area contributed by atoms with E-state index in [-0.39, 0.29) is 0 Å². The van der Waals surface area contributed by atoms with E-state index < -0.39 is 0 Å². The second-order valence-electron chi connectivity index (χ2n) is 4.52. The Morgan fingerprint density at radius 3 is 2.80 bits per heavy atom. The first-order valence-corrected chi connectivity index (χ1v) is 7.49. The summed E-state index contributed by atoms with van der Waals surface area (Å²) < 4.78 is 3.05. The molecule has 2 aromatic carbocycles. The lowest BCUT2D eigenvalue weighted by Gasteiger charge is -2.09. The highest BCUT2D eigenvalue weighted by Gasteiger charge is 2.15. The summed E-state index contributed by atoms with van der Waals surface area (Å²) in [5.74, 6) is 0.848. The summed E-state index contributed by atoms with van der Waals surface area (Å²) in [5.41, 5.74) is 9.57. The molecule has 0 fully saturated rings. The zero-order chi connectivity index (χ0) is 14.3. The third-order valence-electron chi connectivity index (χ3n) is 3.29. The zero-order valence-corrected chi connectivity index (χ0v) is 13.2. The Kier molecular flexibility index (Phi) is 3.44. The fourth-order valence-corrected chi connectivity index (χ4v) is 3.04. The molecule has 0 saturated heterocycles. The third kappa shape index (κ3) is 2.09. The van der Waals surface area contributed by atoms with E-state index in [0.29, 0.717) is 10.7 Å². The maximum Gasteiger partial charge on any atom is 0.143 e. The molecule has 20 heavy (non-hydrogen) atoms. The van der Waals surface area contributed by atoms with Crippen LogP contribution in [0.1, 0.15) is 6.92 Å². The molecule has 0 spiro atoms. The molecule has 0 bridgehead atoms. The Morgan fingerprint density at radius 1 is 1.30 bits per heavy atom. The Morgan fingerprint density at radius 2 is 2.10 bits per heavy atom. The average molecular weight is 351 g/mol. The van der Waals surface area contributed by atoms with Crippen molar-refractivity contribution in [3.63, 3.8) is 0 Å². The molecule has 0 saturated carbocycles. The summed E-state index contributed by atoms with van der Waals surface area (Å²) in [6.45, 7) is 2.86. The maximum absolute atomic E-state index is 6.31. The quantitative estimate of drug-likeness (QED) is 0.680. The molecule has 1 aromatic heterocycles. The zero-order valence-electron chi connectivity index (χ0n) is 10.9. The summed E-state index contributed by atoms with van der Waals surface area (Å²) in [7, 11) is 0. The van der Waals surface area contributed by atoms with E-state index in [9.17, 15) is 0 Å². The van der Waals surface area contributed by atoms with E-state index >= 15 is 0 Å². The van der Waals surface area contributed by atoms with Crippen LogP contribution in [0.2, 0.25) is 5.02 Å². The van der Waals surface area contributed by atoms with Crippen molar-refractivity contribution < 1.29 is 0 Å². The molecule has 0 unspecified atom stereocenters. The van der Waals surface area contributed by atoms with E-state index in [2.05, 4.69) is 32.4 Å². The first-order chi connectivity index (χ1) is 9.61. The van der Waals surface area contributed by atoms with Crippen LogP contribution in [0.25, 0.3) is 22.4 Å². The van der Waals surface area contributed by atoms with Gasteiger partial charge in [-0.25, -0.2) is 4.98 Å². The lowest BCUT2D eigenvalue weighted by Crippen LogP contribution is -2.00. The van der Waals surface area contributed by atoms with E-state index in [1.165, 1.54) is 0 Å². The van der Waals surface area contributed by atoms with Crippen molar-refractivity contribution in [3.05, 3.63) is 45.9 Å². The second kappa shape index (κ2) is 5.11. The normalized spacial score (nSPS) is 11.2. The van der Waals surface area contributed by atoms with Gasteiger partial charge >= 0.3 is 0 Å². The first-order valence-electron chi connectivity index (χ1n) is 6.32. The number of nitrogens with two attached hydrogens (primary N) is 1. The lowest BCUT2D eigenvalue weighted by atomic mass is 10.1. The number of aromatic nitrogens is 2. The Balaban J connectivity index is 2.33. The van der Waals surface area contributed by atoms with Crippen LogP contribution in [0.3, 0.4) is 0 Å². The highest BCUT2D eigenvalue weighted by atomic mass is 79.9. The van der Waals surface area contributed by atoms with Gasteiger partial charge in [-0.15, -0.1) is 0 Å². The first kappa shape index (κ1) is 13.5. The number of halogens is 2. The van der Waals surface area contributed by atoms with Gasteiger partial charge in [0, 0.05) is 22.3 Å². The van der Waals surface area contributed by atoms with Gasteiger partial charge in [0.25, 0.3) is 0 Å². The Hall–Kier alpha value is -1.52. The van der Waals surface area contributed by atoms with Gasteiger partial charge in [0.2, 0.25) is 0 Å². The molecule has 0 atom stereocenters. The summed E-state index contributed by atoms with van der Waals surface area (Å²) >= 11 is 9.73. The van der Waals surface area contributed by atoms with Crippen LogP contribution in [0.15, 0.2) is 40.9 Å². The van der Waals surface area contributed by atoms with Gasteiger partial charge in [-0.1, -0.05) is 33.6 Å². The fourth-order valence-electron chi connectivity index (χ4n) is 2.39. The molecular weight excluding hydrogens is 338 g/mol. The smallest absolute Gasteiger partial charge is 0.143 e. The number of anilines is 1. The van der Waals surface area contributed by atoms with Gasteiger partial charge in [-0.2, -0.15) is 0 Å². The van der Waals surface area contributed by atoms with E-state index in [1.807, 2.05) is 36.4 Å². The van der Waals surface area contributed by atoms with Gasteiger partial charge in [0.05, 0.1) is 16.1 Å². The number of nitrogens with zero attached hydrogens (tertiary/aromatic N) is 2. The van der Waals surface area contributed by atoms with Crippen LogP contribution in [0, 0.1) is 0 Å². The van der Waals surface area contributed by atoms with E-state index in [1.54, 1.807) is 0 Å². The van der Waals surface area contributed by atoms with Gasteiger partial charge < -0.3 is 10.3 Å². The van der Waals surface area contributed by atoms with Crippen molar-refractivity contribution >= 4 is 44.3 Å². The summed E-state index contributed by atoms with van der Waals surface area (Å²) in [6.07, 6.45) is 0. The van der Waals surface area contributed by atoms with Crippen molar-refractivity contribution in [2.24, 2.45) is 0 Å². The van der Waals surface area contributed by atoms with Gasteiger partial charge in [-0.05, 0) is 37.3 Å². The number of nitrogen functional groups attached to an aromatic ring is 1. The number of benzene rings is 2. The molecular formula is C15H13BrClN3. The minimum absolute atomic E-state index is 0.695. The van der Waals surface area contributed by atoms with Crippen molar-refractivity contribution in [1.29, 1.82) is 0 Å². The van der Waals surface area contributed by atoms with Gasteiger partial charge in [0.15, 0.2) is 0 Å². The van der Waals surface area contributed by atoms with Gasteiger partial charge in [0.1, 0.15) is 5.82 Å². The Labute approximate surface area is 130 Å². The molecule has 0 amide bonds. The standard InChI is InChI=1S/C15H13BrClN3/c1-2-20-14-11(17)4-3-5-13(14)19-15(20)10-7-6-9(16)8-12(10)18/h3-8H,2,18H2,1H3. The monoisotopic (exact) mass is 349 g/mol. The van der Waals surface area contributed by atoms with Crippen molar-refractivity contribution in [1.82, 2.24) is 9.55 Å².